The van der Waals surface area contributed by atoms with Crippen molar-refractivity contribution in [3.63, 3.8) is 0 Å². The molecule has 2 aromatic heterocycles. The quantitative estimate of drug-likeness (QED) is 0.551. The highest BCUT2D eigenvalue weighted by atomic mass is 35.5. The van der Waals surface area contributed by atoms with Crippen molar-refractivity contribution < 1.29 is 14.3 Å². The molecule has 3 rings (SSSR count). The topological polar surface area (TPSA) is 114 Å². The number of hydrogen-bond donors (Lipinski definition) is 3. The molecular weight excluding hydrogens is 344 g/mol. The molecule has 25 heavy (non-hydrogen) atoms. The van der Waals surface area contributed by atoms with Crippen LogP contribution >= 0.6 is 11.6 Å². The van der Waals surface area contributed by atoms with Crippen LogP contribution in [0.25, 0.3) is 11.3 Å². The summed E-state index contributed by atoms with van der Waals surface area (Å²) in [6.07, 6.45) is 2.41. The molecule has 1 aliphatic rings. The number of nitrogens with two attached hydrogens (primary N) is 1. The summed E-state index contributed by atoms with van der Waals surface area (Å²) in [4.78, 5) is 19.2. The van der Waals surface area contributed by atoms with Gasteiger partial charge in [0.15, 0.2) is 12.0 Å². The maximum Gasteiger partial charge on any atom is 0.223 e. The monoisotopic (exact) mass is 364 g/mol. The maximum atomic E-state index is 10.9. The van der Waals surface area contributed by atoms with Gasteiger partial charge in [-0.1, -0.05) is 18.5 Å². The van der Waals surface area contributed by atoms with Gasteiger partial charge in [-0.05, 0) is 43.7 Å². The summed E-state index contributed by atoms with van der Waals surface area (Å²) in [5, 5.41) is 13.1. The van der Waals surface area contributed by atoms with Crippen molar-refractivity contribution in [1.29, 1.82) is 0 Å². The highest BCUT2D eigenvalue weighted by Gasteiger charge is 2.42. The Kier molecular flexibility index (Phi) is 4.71. The SMILES string of the molecule is C[C@@H]1[C@@H](CO)CC[C@]1(C)Nc1nc(N)nc(Cl)c1-c1ccc(C=O)o1. The first-order valence-corrected chi connectivity index (χ1v) is 8.53. The van der Waals surface area contributed by atoms with Crippen molar-refractivity contribution >= 4 is 29.7 Å². The van der Waals surface area contributed by atoms with Gasteiger partial charge in [0.25, 0.3) is 0 Å². The molecule has 4 N–H and O–H groups in total. The Morgan fingerprint density at radius 2 is 2.28 bits per heavy atom. The lowest BCUT2D eigenvalue weighted by Crippen LogP contribution is -2.40. The van der Waals surface area contributed by atoms with Crippen molar-refractivity contribution in [3.8, 4) is 11.3 Å². The van der Waals surface area contributed by atoms with Crippen LogP contribution in [0.3, 0.4) is 0 Å². The van der Waals surface area contributed by atoms with Gasteiger partial charge in [-0.3, -0.25) is 4.79 Å². The number of nitrogens with zero attached hydrogens (tertiary/aromatic N) is 2. The van der Waals surface area contributed by atoms with Crippen molar-refractivity contribution in [2.24, 2.45) is 11.8 Å². The second kappa shape index (κ2) is 6.65. The number of aliphatic hydroxyl groups excluding tert-OH is 1. The third-order valence-corrected chi connectivity index (χ3v) is 5.53. The number of aldehydes is 1. The zero-order valence-electron chi connectivity index (χ0n) is 14.1. The van der Waals surface area contributed by atoms with Gasteiger partial charge < -0.3 is 20.6 Å². The molecule has 134 valence electrons. The summed E-state index contributed by atoms with van der Waals surface area (Å²) in [5.74, 6) is 1.53. The largest absolute Gasteiger partial charge is 0.453 e. The summed E-state index contributed by atoms with van der Waals surface area (Å²) < 4.78 is 5.49. The minimum atomic E-state index is -0.285. The third-order valence-electron chi connectivity index (χ3n) is 5.26. The summed E-state index contributed by atoms with van der Waals surface area (Å²) in [5.41, 5.74) is 5.95. The number of aromatic nitrogens is 2. The molecule has 3 atom stereocenters. The molecule has 1 fully saturated rings. The molecular formula is C17H21ClN4O3. The number of halogens is 1. The molecule has 0 spiro atoms. The number of aliphatic hydroxyl groups is 1. The van der Waals surface area contributed by atoms with Crippen LogP contribution in [0.4, 0.5) is 11.8 Å². The molecule has 0 unspecified atom stereocenters. The Morgan fingerprint density at radius 1 is 1.52 bits per heavy atom. The molecule has 0 aromatic carbocycles. The van der Waals surface area contributed by atoms with Crippen molar-refractivity contribution in [2.75, 3.05) is 17.7 Å². The Labute approximate surface area is 150 Å². The summed E-state index contributed by atoms with van der Waals surface area (Å²) in [7, 11) is 0. The second-order valence-corrected chi connectivity index (χ2v) is 7.09. The molecule has 2 aromatic rings. The Hall–Kier alpha value is -2.12. The van der Waals surface area contributed by atoms with Crippen LogP contribution in [-0.4, -0.2) is 33.5 Å². The number of furan rings is 1. The number of carbonyl (C=O) groups is 1. The van der Waals surface area contributed by atoms with Gasteiger partial charge in [-0.2, -0.15) is 4.98 Å². The van der Waals surface area contributed by atoms with Gasteiger partial charge in [0.1, 0.15) is 16.7 Å². The first kappa shape index (κ1) is 17.7. The van der Waals surface area contributed by atoms with E-state index in [9.17, 15) is 9.90 Å². The fraction of sp³-hybridized carbons (Fsp3) is 0.471. The van der Waals surface area contributed by atoms with Gasteiger partial charge in [-0.25, -0.2) is 4.98 Å². The molecule has 0 radical (unpaired) electrons. The fourth-order valence-electron chi connectivity index (χ4n) is 3.49. The van der Waals surface area contributed by atoms with Crippen LogP contribution < -0.4 is 11.1 Å². The molecule has 8 heteroatoms. The first-order valence-electron chi connectivity index (χ1n) is 8.15. The number of rotatable bonds is 5. The van der Waals surface area contributed by atoms with Gasteiger partial charge in [0.05, 0.1) is 5.56 Å². The predicted octanol–water partition coefficient (Wildman–Crippen LogP) is 2.99. The van der Waals surface area contributed by atoms with Gasteiger partial charge in [0, 0.05) is 12.1 Å². The van der Waals surface area contributed by atoms with Crippen LogP contribution in [0, 0.1) is 11.8 Å². The Morgan fingerprint density at radius 3 is 2.88 bits per heavy atom. The molecule has 7 nitrogen and oxygen atoms in total. The van der Waals surface area contributed by atoms with E-state index in [2.05, 4.69) is 29.1 Å². The van der Waals surface area contributed by atoms with Crippen LogP contribution in [0.1, 0.15) is 37.2 Å². The van der Waals surface area contributed by atoms with Crippen LogP contribution in [0.5, 0.6) is 0 Å². The molecule has 2 heterocycles. The van der Waals surface area contributed by atoms with Gasteiger partial charge in [-0.15, -0.1) is 0 Å². The number of carbonyl (C=O) groups excluding carboxylic acids is 1. The lowest BCUT2D eigenvalue weighted by atomic mass is 9.86. The third kappa shape index (κ3) is 3.21. The number of nitrogens with one attached hydrogen (secondary N) is 1. The Bertz CT molecular complexity index is 794. The van der Waals surface area contributed by atoms with Crippen molar-refractivity contribution in [2.45, 2.75) is 32.2 Å². The Balaban J connectivity index is 2.02. The van der Waals surface area contributed by atoms with E-state index in [1.807, 2.05) is 0 Å². The molecule has 0 amide bonds. The number of hydrogen-bond acceptors (Lipinski definition) is 7. The first-order chi connectivity index (χ1) is 11.9. The van der Waals surface area contributed by atoms with Crippen LogP contribution in [0.2, 0.25) is 5.15 Å². The van der Waals surface area contributed by atoms with E-state index in [4.69, 9.17) is 21.8 Å². The smallest absolute Gasteiger partial charge is 0.223 e. The summed E-state index contributed by atoms with van der Waals surface area (Å²) >= 11 is 6.29. The zero-order chi connectivity index (χ0) is 18.2. The molecule has 0 saturated heterocycles. The maximum absolute atomic E-state index is 10.9. The predicted molar refractivity (Wildman–Crippen MR) is 95.5 cm³/mol. The minimum absolute atomic E-state index is 0.0476. The van der Waals surface area contributed by atoms with E-state index in [-0.39, 0.29) is 40.8 Å². The van der Waals surface area contributed by atoms with E-state index >= 15 is 0 Å². The van der Waals surface area contributed by atoms with E-state index in [1.54, 1.807) is 12.1 Å². The molecule has 0 bridgehead atoms. The fourth-order valence-corrected chi connectivity index (χ4v) is 3.76. The summed E-state index contributed by atoms with van der Waals surface area (Å²) in [6.45, 7) is 4.34. The molecule has 1 saturated carbocycles. The standard InChI is InChI=1S/C17H21ClN4O3/c1-9-10(7-23)5-6-17(9,2)22-15-13(14(18)20-16(19)21-15)12-4-3-11(8-24)25-12/h3-4,8-10,23H,5-7H2,1-2H3,(H3,19,20,21,22)/t9-,10-,17+/m1/s1. The highest BCUT2D eigenvalue weighted by Crippen LogP contribution is 2.44. The van der Waals surface area contributed by atoms with Crippen LogP contribution in [-0.2, 0) is 0 Å². The average Bonchev–Trinajstić information content (AvgIpc) is 3.13. The average molecular weight is 365 g/mol. The minimum Gasteiger partial charge on any atom is -0.453 e. The summed E-state index contributed by atoms with van der Waals surface area (Å²) in [6, 6.07) is 3.20. The van der Waals surface area contributed by atoms with E-state index in [0.29, 0.717) is 23.4 Å². The normalized spacial score (nSPS) is 25.9. The zero-order valence-corrected chi connectivity index (χ0v) is 14.9. The number of nitrogen functional groups attached to an aromatic ring is 1. The van der Waals surface area contributed by atoms with E-state index < -0.39 is 0 Å². The molecule has 1 aliphatic carbocycles. The van der Waals surface area contributed by atoms with Gasteiger partial charge in [0.2, 0.25) is 5.95 Å². The van der Waals surface area contributed by atoms with E-state index in [1.165, 1.54) is 0 Å². The van der Waals surface area contributed by atoms with E-state index in [0.717, 1.165) is 12.8 Å². The second-order valence-electron chi connectivity index (χ2n) is 6.73. The van der Waals surface area contributed by atoms with Crippen molar-refractivity contribution in [3.05, 3.63) is 23.0 Å². The van der Waals surface area contributed by atoms with Crippen molar-refractivity contribution in [1.82, 2.24) is 9.97 Å². The number of anilines is 2. The molecule has 0 aliphatic heterocycles. The lowest BCUT2D eigenvalue weighted by Gasteiger charge is -2.33. The lowest BCUT2D eigenvalue weighted by molar-refractivity contribution is 0.110. The highest BCUT2D eigenvalue weighted by molar-refractivity contribution is 6.32. The van der Waals surface area contributed by atoms with Gasteiger partial charge >= 0.3 is 0 Å². The van der Waals surface area contributed by atoms with Crippen LogP contribution in [0.15, 0.2) is 16.5 Å².